The smallest absolute Gasteiger partial charge is 0.0537 e. The van der Waals surface area contributed by atoms with Crippen LogP contribution in [0.4, 0.5) is 0 Å². The van der Waals surface area contributed by atoms with Gasteiger partial charge in [0.15, 0.2) is 0 Å². The lowest BCUT2D eigenvalue weighted by Gasteiger charge is -2.10. The van der Waals surface area contributed by atoms with Gasteiger partial charge >= 0.3 is 0 Å². The average molecular weight is 144 g/mol. The van der Waals surface area contributed by atoms with E-state index < -0.39 is 0 Å². The first-order valence-corrected chi connectivity index (χ1v) is 4.38. The predicted molar refractivity (Wildman–Crippen MR) is 45.0 cm³/mol. The average Bonchev–Trinajstić information content (AvgIpc) is 1.99. The summed E-state index contributed by atoms with van der Waals surface area (Å²) >= 11 is 0. The number of rotatable bonds is 5. The van der Waals surface area contributed by atoms with Crippen molar-refractivity contribution in [2.24, 2.45) is 5.92 Å². The van der Waals surface area contributed by atoms with Crippen molar-refractivity contribution in [2.75, 3.05) is 0 Å². The second-order valence-electron chi connectivity index (χ2n) is 3.15. The standard InChI is InChI=1S/C9H20O/c1-4-8(3)6-7-9(10)5-2/h8-10H,4-7H2,1-3H3/t8-,9?/m0/s1. The monoisotopic (exact) mass is 144 g/mol. The van der Waals surface area contributed by atoms with Crippen LogP contribution in [0.1, 0.15) is 46.5 Å². The first-order chi connectivity index (χ1) is 4.70. The molecule has 2 atom stereocenters. The van der Waals surface area contributed by atoms with Gasteiger partial charge in [0.2, 0.25) is 0 Å². The maximum absolute atomic E-state index is 9.20. The molecule has 0 aromatic heterocycles. The quantitative estimate of drug-likeness (QED) is 0.628. The Morgan fingerprint density at radius 1 is 1.10 bits per heavy atom. The fourth-order valence-electron chi connectivity index (χ4n) is 0.885. The van der Waals surface area contributed by atoms with Crippen LogP contribution < -0.4 is 0 Å². The topological polar surface area (TPSA) is 20.2 Å². The molecule has 0 heterocycles. The van der Waals surface area contributed by atoms with E-state index >= 15 is 0 Å². The molecular formula is C9H20O. The maximum atomic E-state index is 9.20. The first-order valence-electron chi connectivity index (χ1n) is 4.38. The van der Waals surface area contributed by atoms with E-state index in [2.05, 4.69) is 13.8 Å². The lowest BCUT2D eigenvalue weighted by Crippen LogP contribution is -2.06. The summed E-state index contributed by atoms with van der Waals surface area (Å²) in [6, 6.07) is 0. The molecule has 0 spiro atoms. The molecule has 0 fully saturated rings. The minimum atomic E-state index is -0.0611. The van der Waals surface area contributed by atoms with Gasteiger partial charge in [0.25, 0.3) is 0 Å². The van der Waals surface area contributed by atoms with Gasteiger partial charge in [0, 0.05) is 0 Å². The predicted octanol–water partition coefficient (Wildman–Crippen LogP) is 2.58. The Kier molecular flexibility index (Phi) is 5.70. The number of hydrogen-bond acceptors (Lipinski definition) is 1. The third-order valence-corrected chi connectivity index (χ3v) is 2.16. The summed E-state index contributed by atoms with van der Waals surface area (Å²) in [5.74, 6) is 0.779. The van der Waals surface area contributed by atoms with Gasteiger partial charge in [-0.3, -0.25) is 0 Å². The molecule has 0 saturated carbocycles. The van der Waals surface area contributed by atoms with Gasteiger partial charge in [0.05, 0.1) is 6.10 Å². The van der Waals surface area contributed by atoms with Gasteiger partial charge in [-0.1, -0.05) is 27.2 Å². The molecule has 1 heteroatoms. The summed E-state index contributed by atoms with van der Waals surface area (Å²) < 4.78 is 0. The number of aliphatic hydroxyl groups is 1. The van der Waals surface area contributed by atoms with Crippen molar-refractivity contribution < 1.29 is 5.11 Å². The lowest BCUT2D eigenvalue weighted by molar-refractivity contribution is 0.151. The van der Waals surface area contributed by atoms with Gasteiger partial charge < -0.3 is 5.11 Å². The van der Waals surface area contributed by atoms with E-state index in [0.717, 1.165) is 18.8 Å². The molecule has 10 heavy (non-hydrogen) atoms. The van der Waals surface area contributed by atoms with Crippen LogP contribution in [0.25, 0.3) is 0 Å². The van der Waals surface area contributed by atoms with E-state index in [9.17, 15) is 5.11 Å². The molecular weight excluding hydrogens is 124 g/mol. The Morgan fingerprint density at radius 3 is 2.10 bits per heavy atom. The zero-order chi connectivity index (χ0) is 7.98. The zero-order valence-electron chi connectivity index (χ0n) is 7.43. The third-order valence-electron chi connectivity index (χ3n) is 2.16. The van der Waals surface area contributed by atoms with E-state index in [1.165, 1.54) is 12.8 Å². The lowest BCUT2D eigenvalue weighted by atomic mass is 10.00. The first kappa shape index (κ1) is 9.96. The highest BCUT2D eigenvalue weighted by molar-refractivity contribution is 4.56. The van der Waals surface area contributed by atoms with Crippen LogP contribution in [0.15, 0.2) is 0 Å². The number of aliphatic hydroxyl groups excluding tert-OH is 1. The molecule has 0 bridgehead atoms. The number of hydrogen-bond donors (Lipinski definition) is 1. The van der Waals surface area contributed by atoms with E-state index in [1.54, 1.807) is 0 Å². The summed E-state index contributed by atoms with van der Waals surface area (Å²) in [5, 5.41) is 9.20. The van der Waals surface area contributed by atoms with Crippen LogP contribution in [0.2, 0.25) is 0 Å². The fraction of sp³-hybridized carbons (Fsp3) is 1.00. The molecule has 0 rings (SSSR count). The molecule has 0 radical (unpaired) electrons. The van der Waals surface area contributed by atoms with Crippen molar-refractivity contribution in [3.8, 4) is 0 Å². The van der Waals surface area contributed by atoms with E-state index in [-0.39, 0.29) is 6.10 Å². The molecule has 1 nitrogen and oxygen atoms in total. The largest absolute Gasteiger partial charge is 0.393 e. The van der Waals surface area contributed by atoms with E-state index in [1.807, 2.05) is 6.92 Å². The second kappa shape index (κ2) is 5.72. The summed E-state index contributed by atoms with van der Waals surface area (Å²) in [6.45, 7) is 6.46. The van der Waals surface area contributed by atoms with Crippen molar-refractivity contribution in [2.45, 2.75) is 52.6 Å². The summed E-state index contributed by atoms with van der Waals surface area (Å²) in [4.78, 5) is 0. The van der Waals surface area contributed by atoms with Crippen molar-refractivity contribution in [3.63, 3.8) is 0 Å². The Hall–Kier alpha value is -0.0400. The van der Waals surface area contributed by atoms with Crippen LogP contribution >= 0.6 is 0 Å². The minimum absolute atomic E-state index is 0.0611. The summed E-state index contributed by atoms with van der Waals surface area (Å²) in [6.07, 6.45) is 4.22. The SMILES string of the molecule is CCC(O)CC[C@@H](C)CC. The van der Waals surface area contributed by atoms with Crippen molar-refractivity contribution >= 4 is 0 Å². The summed E-state index contributed by atoms with van der Waals surface area (Å²) in [7, 11) is 0. The van der Waals surface area contributed by atoms with Gasteiger partial charge in [-0.2, -0.15) is 0 Å². The van der Waals surface area contributed by atoms with Crippen LogP contribution in [0.3, 0.4) is 0 Å². The molecule has 1 N–H and O–H groups in total. The van der Waals surface area contributed by atoms with Gasteiger partial charge in [-0.15, -0.1) is 0 Å². The van der Waals surface area contributed by atoms with Crippen LogP contribution in [-0.2, 0) is 0 Å². The highest BCUT2D eigenvalue weighted by Crippen LogP contribution is 2.12. The molecule has 0 amide bonds. The Balaban J connectivity index is 3.17. The third kappa shape index (κ3) is 4.80. The Labute approximate surface area is 64.5 Å². The minimum Gasteiger partial charge on any atom is -0.393 e. The Bertz CT molecular complexity index is 61.1. The molecule has 0 saturated heterocycles. The highest BCUT2D eigenvalue weighted by atomic mass is 16.3. The molecule has 0 aliphatic carbocycles. The maximum Gasteiger partial charge on any atom is 0.0537 e. The van der Waals surface area contributed by atoms with Gasteiger partial charge in [-0.05, 0) is 25.2 Å². The summed E-state index contributed by atoms with van der Waals surface area (Å²) in [5.41, 5.74) is 0. The highest BCUT2D eigenvalue weighted by Gasteiger charge is 2.03. The van der Waals surface area contributed by atoms with Gasteiger partial charge in [-0.25, -0.2) is 0 Å². The van der Waals surface area contributed by atoms with E-state index in [4.69, 9.17) is 0 Å². The zero-order valence-corrected chi connectivity index (χ0v) is 7.43. The normalized spacial score (nSPS) is 16.8. The second-order valence-corrected chi connectivity index (χ2v) is 3.15. The van der Waals surface area contributed by atoms with Crippen molar-refractivity contribution in [1.82, 2.24) is 0 Å². The van der Waals surface area contributed by atoms with Crippen molar-refractivity contribution in [1.29, 1.82) is 0 Å². The molecule has 62 valence electrons. The van der Waals surface area contributed by atoms with Crippen LogP contribution in [0.5, 0.6) is 0 Å². The Morgan fingerprint density at radius 2 is 1.70 bits per heavy atom. The van der Waals surface area contributed by atoms with Crippen LogP contribution in [-0.4, -0.2) is 11.2 Å². The van der Waals surface area contributed by atoms with Crippen molar-refractivity contribution in [3.05, 3.63) is 0 Å². The van der Waals surface area contributed by atoms with E-state index in [0.29, 0.717) is 0 Å². The molecule has 0 aromatic carbocycles. The molecule has 1 unspecified atom stereocenters. The fourth-order valence-corrected chi connectivity index (χ4v) is 0.885. The molecule has 0 aliphatic heterocycles. The molecule has 0 aromatic rings. The molecule has 0 aliphatic rings. The van der Waals surface area contributed by atoms with Crippen LogP contribution in [0, 0.1) is 5.92 Å². The van der Waals surface area contributed by atoms with Gasteiger partial charge in [0.1, 0.15) is 0 Å².